The van der Waals surface area contributed by atoms with E-state index in [2.05, 4.69) is 6.92 Å². The number of phenols is 2. The lowest BCUT2D eigenvalue weighted by atomic mass is 10.1. The summed E-state index contributed by atoms with van der Waals surface area (Å²) >= 11 is 0. The van der Waals surface area contributed by atoms with Gasteiger partial charge in [-0.1, -0.05) is 37.6 Å². The van der Waals surface area contributed by atoms with E-state index < -0.39 is 0 Å². The molecule has 20 heavy (non-hydrogen) atoms. The SMILES string of the molecule is CCCCc1ccc(O)cc1.Cc1cccc(O)c1C. The van der Waals surface area contributed by atoms with E-state index in [-0.39, 0.29) is 0 Å². The van der Waals surface area contributed by atoms with Crippen LogP contribution in [0.25, 0.3) is 0 Å². The third-order valence-corrected chi connectivity index (χ3v) is 3.33. The smallest absolute Gasteiger partial charge is 0.118 e. The maximum Gasteiger partial charge on any atom is 0.118 e. The highest BCUT2D eigenvalue weighted by atomic mass is 16.3. The molecule has 2 rings (SSSR count). The molecule has 0 aliphatic carbocycles. The zero-order chi connectivity index (χ0) is 15.0. The average Bonchev–Trinajstić information content (AvgIpc) is 2.45. The topological polar surface area (TPSA) is 40.5 Å². The number of aromatic hydroxyl groups is 2. The predicted molar refractivity (Wildman–Crippen MR) is 84.3 cm³/mol. The van der Waals surface area contributed by atoms with Gasteiger partial charge < -0.3 is 10.2 Å². The van der Waals surface area contributed by atoms with Crippen molar-refractivity contribution in [1.29, 1.82) is 0 Å². The van der Waals surface area contributed by atoms with Crippen LogP contribution in [0.1, 0.15) is 36.5 Å². The van der Waals surface area contributed by atoms with Gasteiger partial charge in [-0.05, 0) is 61.6 Å². The largest absolute Gasteiger partial charge is 0.508 e. The molecule has 2 heteroatoms. The van der Waals surface area contributed by atoms with E-state index in [1.54, 1.807) is 18.2 Å². The van der Waals surface area contributed by atoms with Crippen molar-refractivity contribution in [2.24, 2.45) is 0 Å². The van der Waals surface area contributed by atoms with E-state index >= 15 is 0 Å². The molecular weight excluding hydrogens is 248 g/mol. The van der Waals surface area contributed by atoms with Crippen molar-refractivity contribution in [1.82, 2.24) is 0 Å². The van der Waals surface area contributed by atoms with Crippen LogP contribution in [0.15, 0.2) is 42.5 Å². The number of unbranched alkanes of at least 4 members (excludes halogenated alkanes) is 1. The van der Waals surface area contributed by atoms with Crippen molar-refractivity contribution >= 4 is 0 Å². The van der Waals surface area contributed by atoms with Crippen molar-refractivity contribution in [3.63, 3.8) is 0 Å². The molecule has 0 aliphatic rings. The summed E-state index contributed by atoms with van der Waals surface area (Å²) in [6.07, 6.45) is 3.57. The van der Waals surface area contributed by atoms with E-state index in [4.69, 9.17) is 10.2 Å². The first-order valence-electron chi connectivity index (χ1n) is 7.07. The summed E-state index contributed by atoms with van der Waals surface area (Å²) in [6, 6.07) is 13.0. The molecule has 2 aromatic carbocycles. The molecular formula is C18H24O2. The van der Waals surface area contributed by atoms with Gasteiger partial charge in [0.25, 0.3) is 0 Å². The molecule has 0 saturated heterocycles. The highest BCUT2D eigenvalue weighted by Crippen LogP contribution is 2.17. The standard InChI is InChI=1S/C10H14O.C8H10O/c1-2-3-4-9-5-7-10(11)8-6-9;1-6-4-3-5-8(9)7(6)2/h5-8,11H,2-4H2,1H3;3-5,9H,1-2H3. The Kier molecular flexibility index (Phi) is 6.65. The maximum atomic E-state index is 9.10. The van der Waals surface area contributed by atoms with Crippen LogP contribution in [-0.4, -0.2) is 10.2 Å². The monoisotopic (exact) mass is 272 g/mol. The third kappa shape index (κ3) is 5.35. The Morgan fingerprint density at radius 2 is 1.55 bits per heavy atom. The van der Waals surface area contributed by atoms with Crippen LogP contribution in [0.3, 0.4) is 0 Å². The minimum atomic E-state index is 0.352. The quantitative estimate of drug-likeness (QED) is 0.847. The average molecular weight is 272 g/mol. The number of aryl methyl sites for hydroxylation is 2. The van der Waals surface area contributed by atoms with Crippen molar-refractivity contribution in [2.45, 2.75) is 40.0 Å². The number of phenolic OH excluding ortho intramolecular Hbond substituents is 2. The molecule has 2 nitrogen and oxygen atoms in total. The summed E-state index contributed by atoms with van der Waals surface area (Å²) in [6.45, 7) is 6.07. The zero-order valence-corrected chi connectivity index (χ0v) is 12.6. The Hall–Kier alpha value is -1.96. The molecule has 108 valence electrons. The molecule has 2 N–H and O–H groups in total. The van der Waals surface area contributed by atoms with E-state index in [9.17, 15) is 0 Å². The highest BCUT2D eigenvalue weighted by molar-refractivity contribution is 5.36. The van der Waals surface area contributed by atoms with E-state index in [0.29, 0.717) is 11.5 Å². The van der Waals surface area contributed by atoms with Gasteiger partial charge in [-0.25, -0.2) is 0 Å². The summed E-state index contributed by atoms with van der Waals surface area (Å²) in [7, 11) is 0. The molecule has 0 atom stereocenters. The normalized spacial score (nSPS) is 9.75. The summed E-state index contributed by atoms with van der Waals surface area (Å²) < 4.78 is 0. The Bertz CT molecular complexity index is 495. The van der Waals surface area contributed by atoms with Gasteiger partial charge in [-0.3, -0.25) is 0 Å². The van der Waals surface area contributed by atoms with Crippen LogP contribution < -0.4 is 0 Å². The fourth-order valence-corrected chi connectivity index (χ4v) is 1.78. The molecule has 0 aliphatic heterocycles. The Balaban J connectivity index is 0.000000204. The van der Waals surface area contributed by atoms with Crippen LogP contribution in [0.2, 0.25) is 0 Å². The van der Waals surface area contributed by atoms with Crippen LogP contribution in [0.4, 0.5) is 0 Å². The van der Waals surface area contributed by atoms with Crippen molar-refractivity contribution in [3.05, 3.63) is 59.2 Å². The molecule has 2 aromatic rings. The number of hydrogen-bond acceptors (Lipinski definition) is 2. The molecule has 0 radical (unpaired) electrons. The Morgan fingerprint density at radius 1 is 0.900 bits per heavy atom. The second-order valence-electron chi connectivity index (χ2n) is 4.99. The summed E-state index contributed by atoms with van der Waals surface area (Å²) in [5.41, 5.74) is 3.41. The van der Waals surface area contributed by atoms with Gasteiger partial charge in [-0.2, -0.15) is 0 Å². The third-order valence-electron chi connectivity index (χ3n) is 3.33. The van der Waals surface area contributed by atoms with Gasteiger partial charge >= 0.3 is 0 Å². The molecule has 0 unspecified atom stereocenters. The van der Waals surface area contributed by atoms with Crippen LogP contribution >= 0.6 is 0 Å². The molecule has 0 aromatic heterocycles. The number of rotatable bonds is 3. The second-order valence-corrected chi connectivity index (χ2v) is 4.99. The predicted octanol–water partition coefficient (Wildman–Crippen LogP) is 4.74. The Labute approximate surface area is 121 Å². The first kappa shape index (κ1) is 16.1. The minimum Gasteiger partial charge on any atom is -0.508 e. The molecule has 0 bridgehead atoms. The molecule has 0 spiro atoms. The summed E-state index contributed by atoms with van der Waals surface area (Å²) in [5.74, 6) is 0.736. The first-order chi connectivity index (χ1) is 9.54. The van der Waals surface area contributed by atoms with Crippen LogP contribution in [0, 0.1) is 13.8 Å². The lowest BCUT2D eigenvalue weighted by Crippen LogP contribution is -1.82. The number of hydrogen-bond donors (Lipinski definition) is 2. The molecule has 0 fully saturated rings. The fourth-order valence-electron chi connectivity index (χ4n) is 1.78. The lowest BCUT2D eigenvalue weighted by molar-refractivity contribution is 0.470. The van der Waals surface area contributed by atoms with Crippen molar-refractivity contribution < 1.29 is 10.2 Å². The van der Waals surface area contributed by atoms with Gasteiger partial charge in [0.1, 0.15) is 11.5 Å². The maximum absolute atomic E-state index is 9.10. The van der Waals surface area contributed by atoms with Gasteiger partial charge in [0, 0.05) is 0 Å². The van der Waals surface area contributed by atoms with Crippen LogP contribution in [0.5, 0.6) is 11.5 Å². The molecule has 0 heterocycles. The fraction of sp³-hybridized carbons (Fsp3) is 0.333. The van der Waals surface area contributed by atoms with Gasteiger partial charge in [0.2, 0.25) is 0 Å². The second kappa shape index (κ2) is 8.26. The highest BCUT2D eigenvalue weighted by Gasteiger charge is 1.94. The zero-order valence-electron chi connectivity index (χ0n) is 12.6. The lowest BCUT2D eigenvalue weighted by Gasteiger charge is -1.99. The van der Waals surface area contributed by atoms with Crippen molar-refractivity contribution in [2.75, 3.05) is 0 Å². The van der Waals surface area contributed by atoms with Gasteiger partial charge in [-0.15, -0.1) is 0 Å². The minimum absolute atomic E-state index is 0.352. The number of benzene rings is 2. The first-order valence-corrected chi connectivity index (χ1v) is 7.07. The van der Waals surface area contributed by atoms with Gasteiger partial charge in [0.15, 0.2) is 0 Å². The molecule has 0 saturated carbocycles. The van der Waals surface area contributed by atoms with Gasteiger partial charge in [0.05, 0.1) is 0 Å². The summed E-state index contributed by atoms with van der Waals surface area (Å²) in [5, 5.41) is 18.1. The van der Waals surface area contributed by atoms with E-state index in [1.807, 2.05) is 38.1 Å². The van der Waals surface area contributed by atoms with E-state index in [1.165, 1.54) is 18.4 Å². The molecule has 0 amide bonds. The summed E-state index contributed by atoms with van der Waals surface area (Å²) in [4.78, 5) is 0. The van der Waals surface area contributed by atoms with E-state index in [0.717, 1.165) is 17.5 Å². The van der Waals surface area contributed by atoms with Crippen LogP contribution in [-0.2, 0) is 6.42 Å². The van der Waals surface area contributed by atoms with Crippen molar-refractivity contribution in [3.8, 4) is 11.5 Å². The Morgan fingerprint density at radius 3 is 2.05 bits per heavy atom.